The lowest BCUT2D eigenvalue weighted by Gasteiger charge is -2.08. The van der Waals surface area contributed by atoms with Crippen LogP contribution in [-0.2, 0) is 10.5 Å². The Morgan fingerprint density at radius 3 is 2.67 bits per heavy atom. The van der Waals surface area contributed by atoms with Crippen LogP contribution in [0.25, 0.3) is 0 Å². The molecule has 2 N–H and O–H groups in total. The Hall–Kier alpha value is -2.93. The Balaban J connectivity index is 1.44. The van der Waals surface area contributed by atoms with E-state index in [9.17, 15) is 4.79 Å². The first kappa shape index (κ1) is 18.8. The predicted molar refractivity (Wildman–Crippen MR) is 109 cm³/mol. The number of amides is 1. The van der Waals surface area contributed by atoms with E-state index in [1.807, 2.05) is 31.2 Å². The van der Waals surface area contributed by atoms with Crippen molar-refractivity contribution in [3.63, 3.8) is 0 Å². The van der Waals surface area contributed by atoms with E-state index in [0.29, 0.717) is 24.6 Å². The average molecular weight is 379 g/mol. The van der Waals surface area contributed by atoms with E-state index in [1.54, 1.807) is 36.4 Å². The number of nitrogens with one attached hydrogen (secondary N) is 2. The molecule has 7 heteroatoms. The van der Waals surface area contributed by atoms with Crippen LogP contribution in [0.2, 0.25) is 0 Å². The number of benzene rings is 1. The molecule has 0 spiro atoms. The third-order valence-corrected chi connectivity index (χ3v) is 4.65. The van der Waals surface area contributed by atoms with Crippen molar-refractivity contribution in [1.29, 1.82) is 0 Å². The first-order valence-electron chi connectivity index (χ1n) is 8.64. The van der Waals surface area contributed by atoms with Gasteiger partial charge in [0.05, 0.1) is 12.4 Å². The van der Waals surface area contributed by atoms with Crippen LogP contribution >= 0.6 is 11.8 Å². The van der Waals surface area contributed by atoms with Crippen LogP contribution in [0, 0.1) is 6.92 Å². The number of rotatable bonds is 8. The summed E-state index contributed by atoms with van der Waals surface area (Å²) < 4.78 is 0. The molecule has 0 aliphatic carbocycles. The number of hydrogen-bond donors (Lipinski definition) is 2. The zero-order valence-electron chi connectivity index (χ0n) is 15.1. The summed E-state index contributed by atoms with van der Waals surface area (Å²) in [6.45, 7) is 2.43. The predicted octanol–water partition coefficient (Wildman–Crippen LogP) is 3.91. The molecular formula is C20H21N5OS. The van der Waals surface area contributed by atoms with Gasteiger partial charge in [-0.2, -0.15) is 0 Å². The fourth-order valence-corrected chi connectivity index (χ4v) is 3.09. The Bertz CT molecular complexity index is 871. The molecular weight excluding hydrogens is 358 g/mol. The molecule has 0 radical (unpaired) electrons. The van der Waals surface area contributed by atoms with E-state index in [2.05, 4.69) is 37.7 Å². The van der Waals surface area contributed by atoms with Gasteiger partial charge in [0.25, 0.3) is 0 Å². The van der Waals surface area contributed by atoms with E-state index in [-0.39, 0.29) is 5.91 Å². The SMILES string of the molecule is Cc1ccc(NC(=O)CCNc2cncc(SCc3ccccc3)n2)nc1. The molecule has 0 aliphatic rings. The normalized spacial score (nSPS) is 10.4. The van der Waals surface area contributed by atoms with Crippen molar-refractivity contribution in [2.45, 2.75) is 24.1 Å². The van der Waals surface area contributed by atoms with Crippen LogP contribution in [0.1, 0.15) is 17.5 Å². The first-order chi connectivity index (χ1) is 13.2. The zero-order chi connectivity index (χ0) is 18.9. The first-order valence-corrected chi connectivity index (χ1v) is 9.63. The number of anilines is 2. The zero-order valence-corrected chi connectivity index (χ0v) is 15.9. The number of pyridine rings is 1. The molecule has 3 rings (SSSR count). The third-order valence-electron chi connectivity index (χ3n) is 3.68. The monoisotopic (exact) mass is 379 g/mol. The molecule has 1 aromatic carbocycles. The number of aryl methyl sites for hydroxylation is 1. The van der Waals surface area contributed by atoms with E-state index in [0.717, 1.165) is 16.3 Å². The van der Waals surface area contributed by atoms with Gasteiger partial charge in [-0.3, -0.25) is 9.78 Å². The molecule has 2 heterocycles. The molecule has 6 nitrogen and oxygen atoms in total. The van der Waals surface area contributed by atoms with Gasteiger partial charge >= 0.3 is 0 Å². The number of carbonyl (C=O) groups excluding carboxylic acids is 1. The van der Waals surface area contributed by atoms with Crippen molar-refractivity contribution < 1.29 is 4.79 Å². The lowest BCUT2D eigenvalue weighted by Crippen LogP contribution is -2.17. The molecule has 0 bridgehead atoms. The molecule has 138 valence electrons. The van der Waals surface area contributed by atoms with Gasteiger partial charge in [0, 0.05) is 24.9 Å². The molecule has 0 saturated carbocycles. The number of carbonyl (C=O) groups is 1. The summed E-state index contributed by atoms with van der Waals surface area (Å²) in [4.78, 5) is 24.9. The van der Waals surface area contributed by atoms with Crippen LogP contribution in [0.15, 0.2) is 66.1 Å². The van der Waals surface area contributed by atoms with Gasteiger partial charge in [0.15, 0.2) is 0 Å². The highest BCUT2D eigenvalue weighted by Gasteiger charge is 2.05. The van der Waals surface area contributed by atoms with Gasteiger partial charge in [-0.15, -0.1) is 11.8 Å². The topological polar surface area (TPSA) is 79.8 Å². The minimum atomic E-state index is -0.0959. The largest absolute Gasteiger partial charge is 0.368 e. The van der Waals surface area contributed by atoms with Gasteiger partial charge in [0.2, 0.25) is 5.91 Å². The summed E-state index contributed by atoms with van der Waals surface area (Å²) in [5.74, 6) is 1.96. The number of aromatic nitrogens is 3. The van der Waals surface area contributed by atoms with Crippen LogP contribution in [0.3, 0.4) is 0 Å². The summed E-state index contributed by atoms with van der Waals surface area (Å²) >= 11 is 1.63. The maximum atomic E-state index is 12.0. The van der Waals surface area contributed by atoms with E-state index in [1.165, 1.54) is 5.56 Å². The second-order valence-corrected chi connectivity index (χ2v) is 6.96. The quantitative estimate of drug-likeness (QED) is 0.578. The summed E-state index contributed by atoms with van der Waals surface area (Å²) in [6.07, 6.45) is 5.45. The number of nitrogens with zero attached hydrogens (tertiary/aromatic N) is 3. The summed E-state index contributed by atoms with van der Waals surface area (Å²) in [5, 5.41) is 6.76. The minimum absolute atomic E-state index is 0.0959. The van der Waals surface area contributed by atoms with Crippen molar-refractivity contribution in [3.8, 4) is 0 Å². The fraction of sp³-hybridized carbons (Fsp3) is 0.200. The molecule has 0 aliphatic heterocycles. The molecule has 1 amide bonds. The summed E-state index contributed by atoms with van der Waals surface area (Å²) in [5.41, 5.74) is 2.29. The molecule has 27 heavy (non-hydrogen) atoms. The van der Waals surface area contributed by atoms with Crippen molar-refractivity contribution >= 4 is 29.3 Å². The highest BCUT2D eigenvalue weighted by Crippen LogP contribution is 2.21. The smallest absolute Gasteiger partial charge is 0.227 e. The lowest BCUT2D eigenvalue weighted by molar-refractivity contribution is -0.116. The van der Waals surface area contributed by atoms with E-state index in [4.69, 9.17) is 0 Å². The van der Waals surface area contributed by atoms with Crippen LogP contribution < -0.4 is 10.6 Å². The highest BCUT2D eigenvalue weighted by molar-refractivity contribution is 7.98. The van der Waals surface area contributed by atoms with Crippen LogP contribution in [-0.4, -0.2) is 27.4 Å². The number of thioether (sulfide) groups is 1. The van der Waals surface area contributed by atoms with E-state index < -0.39 is 0 Å². The van der Waals surface area contributed by atoms with Gasteiger partial charge in [0.1, 0.15) is 16.7 Å². The lowest BCUT2D eigenvalue weighted by atomic mass is 10.2. The van der Waals surface area contributed by atoms with Gasteiger partial charge in [-0.25, -0.2) is 9.97 Å². The van der Waals surface area contributed by atoms with Gasteiger partial charge < -0.3 is 10.6 Å². The Morgan fingerprint density at radius 1 is 1.04 bits per heavy atom. The Morgan fingerprint density at radius 2 is 1.89 bits per heavy atom. The Labute approximate surface area is 162 Å². The molecule has 2 aromatic heterocycles. The molecule has 0 saturated heterocycles. The summed E-state index contributed by atoms with van der Waals surface area (Å²) in [6, 6.07) is 13.9. The molecule has 0 fully saturated rings. The third kappa shape index (κ3) is 6.38. The van der Waals surface area contributed by atoms with Crippen LogP contribution in [0.4, 0.5) is 11.6 Å². The van der Waals surface area contributed by atoms with E-state index >= 15 is 0 Å². The maximum absolute atomic E-state index is 12.0. The van der Waals surface area contributed by atoms with Gasteiger partial charge in [-0.1, -0.05) is 36.4 Å². The summed E-state index contributed by atoms with van der Waals surface area (Å²) in [7, 11) is 0. The second-order valence-electron chi connectivity index (χ2n) is 5.96. The van der Waals surface area contributed by atoms with Crippen molar-refractivity contribution in [3.05, 3.63) is 72.2 Å². The highest BCUT2D eigenvalue weighted by atomic mass is 32.2. The average Bonchev–Trinajstić information content (AvgIpc) is 2.69. The standard InChI is InChI=1S/C20H21N5OS/c1-15-7-8-17(23-11-15)24-19(26)9-10-22-18-12-21-13-20(25-18)27-14-16-5-3-2-4-6-16/h2-8,11-13H,9-10,14H2,1H3,(H,22,25)(H,23,24,26). The maximum Gasteiger partial charge on any atom is 0.227 e. The van der Waals surface area contributed by atoms with Crippen molar-refractivity contribution in [1.82, 2.24) is 15.0 Å². The van der Waals surface area contributed by atoms with Crippen LogP contribution in [0.5, 0.6) is 0 Å². The molecule has 3 aromatic rings. The second kappa shape index (κ2) is 9.68. The molecule has 0 unspecified atom stereocenters. The van der Waals surface area contributed by atoms with Crippen molar-refractivity contribution in [2.75, 3.05) is 17.2 Å². The Kier molecular flexibility index (Phi) is 6.76. The minimum Gasteiger partial charge on any atom is -0.368 e. The van der Waals surface area contributed by atoms with Crippen molar-refractivity contribution in [2.24, 2.45) is 0 Å². The molecule has 0 atom stereocenters. The fourth-order valence-electron chi connectivity index (χ4n) is 2.29. The number of hydrogen-bond acceptors (Lipinski definition) is 6. The van der Waals surface area contributed by atoms with Gasteiger partial charge in [-0.05, 0) is 24.1 Å².